The minimum Gasteiger partial charge on any atom is -0.448 e. The average Bonchev–Trinajstić information content (AvgIpc) is 3.00. The molecule has 1 aromatic carbocycles. The van der Waals surface area contributed by atoms with Crippen molar-refractivity contribution < 1.29 is 22.4 Å². The maximum atomic E-state index is 12.8. The summed E-state index contributed by atoms with van der Waals surface area (Å²) in [6, 6.07) is 5.23. The molecule has 2 heterocycles. The fourth-order valence-corrected chi connectivity index (χ4v) is 2.67. The number of benzene rings is 1. The van der Waals surface area contributed by atoms with Gasteiger partial charge in [-0.3, -0.25) is 4.79 Å². The lowest BCUT2D eigenvalue weighted by molar-refractivity contribution is -0.137. The van der Waals surface area contributed by atoms with Gasteiger partial charge in [-0.15, -0.1) is 0 Å². The number of aryl methyl sites for hydroxylation is 1. The van der Waals surface area contributed by atoms with E-state index >= 15 is 0 Å². The molecule has 0 spiro atoms. The average molecular weight is 339 g/mol. The molecule has 5 nitrogen and oxygen atoms in total. The highest BCUT2D eigenvalue weighted by molar-refractivity contribution is 5.92. The molecule has 3 rings (SSSR count). The lowest BCUT2D eigenvalue weighted by Crippen LogP contribution is -2.49. The zero-order valence-electron chi connectivity index (χ0n) is 13.0. The molecule has 8 heteroatoms. The first-order valence-corrected chi connectivity index (χ1v) is 7.48. The molecule has 1 saturated heterocycles. The predicted octanol–water partition coefficient (Wildman–Crippen LogP) is 2.96. The summed E-state index contributed by atoms with van der Waals surface area (Å²) < 4.78 is 43.5. The minimum absolute atomic E-state index is 0.226. The summed E-state index contributed by atoms with van der Waals surface area (Å²) in [7, 11) is 0. The van der Waals surface area contributed by atoms with Crippen LogP contribution in [0.2, 0.25) is 0 Å². The number of alkyl halides is 3. The van der Waals surface area contributed by atoms with E-state index in [0.717, 1.165) is 12.1 Å². The molecule has 128 valence electrons. The van der Waals surface area contributed by atoms with Gasteiger partial charge >= 0.3 is 6.18 Å². The number of rotatable bonds is 2. The molecule has 0 atom stereocenters. The highest BCUT2D eigenvalue weighted by Crippen LogP contribution is 2.31. The Hall–Kier alpha value is -2.51. The number of oxazole rings is 1. The molecular weight excluding hydrogens is 323 g/mol. The number of amides is 1. The molecule has 1 aliphatic rings. The first kappa shape index (κ1) is 16.4. The van der Waals surface area contributed by atoms with Crippen molar-refractivity contribution in [3.05, 3.63) is 47.7 Å². The Kier molecular flexibility index (Phi) is 4.21. The molecule has 0 bridgehead atoms. The van der Waals surface area contributed by atoms with Crippen LogP contribution < -0.4 is 4.90 Å². The topological polar surface area (TPSA) is 49.6 Å². The monoisotopic (exact) mass is 339 g/mol. The predicted molar refractivity (Wildman–Crippen MR) is 80.8 cm³/mol. The zero-order valence-corrected chi connectivity index (χ0v) is 13.0. The van der Waals surface area contributed by atoms with Crippen molar-refractivity contribution in [3.8, 4) is 0 Å². The summed E-state index contributed by atoms with van der Waals surface area (Å²) in [6.45, 7) is 3.41. The number of carbonyl (C=O) groups excluding carboxylic acids is 1. The molecule has 2 aromatic rings. The van der Waals surface area contributed by atoms with Gasteiger partial charge in [-0.05, 0) is 18.2 Å². The molecular formula is C16H16F3N3O2. The van der Waals surface area contributed by atoms with Crippen LogP contribution in [0, 0.1) is 6.92 Å². The third kappa shape index (κ3) is 3.37. The van der Waals surface area contributed by atoms with Crippen LogP contribution in [0.4, 0.5) is 18.9 Å². The van der Waals surface area contributed by atoms with Crippen molar-refractivity contribution >= 4 is 11.6 Å². The third-order valence-electron chi connectivity index (χ3n) is 3.94. The number of aromatic nitrogens is 1. The zero-order chi connectivity index (χ0) is 17.3. The highest BCUT2D eigenvalue weighted by Gasteiger charge is 2.31. The maximum absolute atomic E-state index is 12.8. The van der Waals surface area contributed by atoms with E-state index in [1.807, 2.05) is 4.90 Å². The van der Waals surface area contributed by atoms with Crippen LogP contribution >= 0.6 is 0 Å². The van der Waals surface area contributed by atoms with E-state index in [4.69, 9.17) is 4.42 Å². The molecule has 1 fully saturated rings. The number of carbonyl (C=O) groups is 1. The quantitative estimate of drug-likeness (QED) is 0.844. The van der Waals surface area contributed by atoms with Crippen molar-refractivity contribution in [1.29, 1.82) is 0 Å². The molecule has 1 aliphatic heterocycles. The fraction of sp³-hybridized carbons (Fsp3) is 0.375. The van der Waals surface area contributed by atoms with Gasteiger partial charge in [0.2, 0.25) is 0 Å². The van der Waals surface area contributed by atoms with Crippen LogP contribution in [-0.2, 0) is 6.18 Å². The summed E-state index contributed by atoms with van der Waals surface area (Å²) in [5, 5.41) is 0. The van der Waals surface area contributed by atoms with Gasteiger partial charge in [0.25, 0.3) is 5.91 Å². The number of nitrogens with zero attached hydrogens (tertiary/aromatic N) is 3. The summed E-state index contributed by atoms with van der Waals surface area (Å²) >= 11 is 0. The van der Waals surface area contributed by atoms with E-state index in [1.165, 1.54) is 12.3 Å². The Morgan fingerprint density at radius 2 is 1.92 bits per heavy atom. The first-order valence-electron chi connectivity index (χ1n) is 7.48. The Morgan fingerprint density at radius 3 is 2.50 bits per heavy atom. The molecule has 0 saturated carbocycles. The van der Waals surface area contributed by atoms with E-state index < -0.39 is 11.7 Å². The Morgan fingerprint density at radius 1 is 1.21 bits per heavy atom. The fourth-order valence-electron chi connectivity index (χ4n) is 2.67. The van der Waals surface area contributed by atoms with Gasteiger partial charge in [0.15, 0.2) is 11.6 Å². The number of anilines is 1. The molecule has 24 heavy (non-hydrogen) atoms. The molecule has 0 radical (unpaired) electrons. The van der Waals surface area contributed by atoms with Gasteiger partial charge in [-0.25, -0.2) is 4.98 Å². The summed E-state index contributed by atoms with van der Waals surface area (Å²) in [6.07, 6.45) is -3.05. The Bertz CT molecular complexity index is 734. The summed E-state index contributed by atoms with van der Waals surface area (Å²) in [5.41, 5.74) is 0.0887. The number of halogens is 3. The van der Waals surface area contributed by atoms with E-state index in [1.54, 1.807) is 17.9 Å². The maximum Gasteiger partial charge on any atom is 0.416 e. The van der Waals surface area contributed by atoms with E-state index in [9.17, 15) is 18.0 Å². The largest absolute Gasteiger partial charge is 0.448 e. The molecule has 1 amide bonds. The highest BCUT2D eigenvalue weighted by atomic mass is 19.4. The number of piperazine rings is 1. The van der Waals surface area contributed by atoms with E-state index in [2.05, 4.69) is 4.98 Å². The molecule has 0 N–H and O–H groups in total. The first-order chi connectivity index (χ1) is 11.3. The van der Waals surface area contributed by atoms with Crippen molar-refractivity contribution in [2.75, 3.05) is 31.1 Å². The minimum atomic E-state index is -4.36. The standard InChI is InChI=1S/C16H16F3N3O2/c1-11-20-14(10-24-11)15(23)22-7-5-21(6-8-22)13-4-2-3-12(9-13)16(17,18)19/h2-4,9-10H,5-8H2,1H3. The second-order valence-electron chi connectivity index (χ2n) is 5.58. The van der Waals surface area contributed by atoms with Gasteiger partial charge in [0.05, 0.1) is 5.56 Å². The molecule has 1 aromatic heterocycles. The van der Waals surface area contributed by atoms with Crippen molar-refractivity contribution in [3.63, 3.8) is 0 Å². The number of hydrogen-bond acceptors (Lipinski definition) is 4. The smallest absolute Gasteiger partial charge is 0.416 e. The van der Waals surface area contributed by atoms with Gasteiger partial charge in [-0.2, -0.15) is 13.2 Å². The normalized spacial score (nSPS) is 15.7. The van der Waals surface area contributed by atoms with Gasteiger partial charge in [0, 0.05) is 38.8 Å². The summed E-state index contributed by atoms with van der Waals surface area (Å²) in [5.74, 6) is 0.191. The molecule has 0 aliphatic carbocycles. The Labute approximate surface area is 136 Å². The van der Waals surface area contributed by atoms with Crippen LogP contribution in [0.1, 0.15) is 21.9 Å². The van der Waals surface area contributed by atoms with Crippen molar-refractivity contribution in [1.82, 2.24) is 9.88 Å². The van der Waals surface area contributed by atoms with Gasteiger partial charge < -0.3 is 14.2 Å². The van der Waals surface area contributed by atoms with Crippen LogP contribution in [0.3, 0.4) is 0 Å². The third-order valence-corrected chi connectivity index (χ3v) is 3.94. The Balaban J connectivity index is 1.66. The van der Waals surface area contributed by atoms with Crippen LogP contribution in [0.5, 0.6) is 0 Å². The van der Waals surface area contributed by atoms with Crippen LogP contribution in [0.25, 0.3) is 0 Å². The summed E-state index contributed by atoms with van der Waals surface area (Å²) in [4.78, 5) is 19.7. The van der Waals surface area contributed by atoms with E-state index in [0.29, 0.717) is 37.8 Å². The van der Waals surface area contributed by atoms with Crippen molar-refractivity contribution in [2.24, 2.45) is 0 Å². The lowest BCUT2D eigenvalue weighted by Gasteiger charge is -2.36. The van der Waals surface area contributed by atoms with Gasteiger partial charge in [0.1, 0.15) is 6.26 Å². The lowest BCUT2D eigenvalue weighted by atomic mass is 10.1. The van der Waals surface area contributed by atoms with E-state index in [-0.39, 0.29) is 11.6 Å². The molecule has 0 unspecified atom stereocenters. The second-order valence-corrected chi connectivity index (χ2v) is 5.58. The van der Waals surface area contributed by atoms with Gasteiger partial charge in [-0.1, -0.05) is 6.07 Å². The van der Waals surface area contributed by atoms with Crippen molar-refractivity contribution in [2.45, 2.75) is 13.1 Å². The SMILES string of the molecule is Cc1nc(C(=O)N2CCN(c3cccc(C(F)(F)F)c3)CC2)co1. The number of hydrogen-bond donors (Lipinski definition) is 0. The van der Waals surface area contributed by atoms with Crippen LogP contribution in [-0.4, -0.2) is 42.0 Å². The second kappa shape index (κ2) is 6.18. The van der Waals surface area contributed by atoms with Crippen LogP contribution in [0.15, 0.2) is 34.9 Å².